The molecule has 19 heavy (non-hydrogen) atoms. The van der Waals surface area contributed by atoms with Crippen LogP contribution < -0.4 is 4.74 Å². The van der Waals surface area contributed by atoms with Crippen LogP contribution in [-0.2, 0) is 0 Å². The Morgan fingerprint density at radius 1 is 1.26 bits per heavy atom. The van der Waals surface area contributed by atoms with Crippen molar-refractivity contribution in [3.05, 3.63) is 36.2 Å². The molecule has 0 unspecified atom stereocenters. The highest BCUT2D eigenvalue weighted by Gasteiger charge is 2.15. The normalized spacial score (nSPS) is 14.2. The van der Waals surface area contributed by atoms with Gasteiger partial charge >= 0.3 is 6.61 Å². The molecule has 8 heteroatoms. The van der Waals surface area contributed by atoms with Gasteiger partial charge in [0.25, 0.3) is 0 Å². The third kappa shape index (κ3) is 2.58. The van der Waals surface area contributed by atoms with E-state index < -0.39 is 6.61 Å². The maximum Gasteiger partial charge on any atom is 0.387 e. The molecule has 2 aromatic rings. The first-order valence-electron chi connectivity index (χ1n) is 5.38. The van der Waals surface area contributed by atoms with Crippen LogP contribution in [0.4, 0.5) is 8.78 Å². The molecule has 1 aromatic carbocycles. The summed E-state index contributed by atoms with van der Waals surface area (Å²) in [5.41, 5.74) is 1.69. The molecule has 0 radical (unpaired) electrons. The summed E-state index contributed by atoms with van der Waals surface area (Å²) >= 11 is 1.52. The van der Waals surface area contributed by atoms with Gasteiger partial charge in [-0.2, -0.15) is 18.6 Å². The van der Waals surface area contributed by atoms with E-state index in [0.717, 1.165) is 16.4 Å². The highest BCUT2D eigenvalue weighted by Crippen LogP contribution is 2.23. The molecule has 1 aliphatic rings. The molecule has 1 aliphatic heterocycles. The van der Waals surface area contributed by atoms with Crippen LogP contribution in [0.2, 0.25) is 0 Å². The van der Waals surface area contributed by atoms with Gasteiger partial charge in [-0.15, -0.1) is 10.2 Å². The summed E-state index contributed by atoms with van der Waals surface area (Å²) in [6.07, 6.45) is 1.52. The average molecular weight is 282 g/mol. The van der Waals surface area contributed by atoms with Gasteiger partial charge in [-0.3, -0.25) is 0 Å². The van der Waals surface area contributed by atoms with Crippen LogP contribution in [0.15, 0.2) is 40.9 Å². The van der Waals surface area contributed by atoms with E-state index in [2.05, 4.69) is 20.0 Å². The molecule has 0 N–H and O–H groups in total. The molecule has 0 amide bonds. The summed E-state index contributed by atoms with van der Waals surface area (Å²) < 4.78 is 30.0. The second-order valence-electron chi connectivity index (χ2n) is 3.70. The fourth-order valence-electron chi connectivity index (χ4n) is 1.64. The van der Waals surface area contributed by atoms with Gasteiger partial charge in [0.1, 0.15) is 12.1 Å². The fraction of sp³-hybridized carbons (Fsp3) is 0.182. The number of thioether (sulfide) groups is 1. The number of rotatable bonds is 3. The lowest BCUT2D eigenvalue weighted by Gasteiger charge is -2.12. The van der Waals surface area contributed by atoms with Gasteiger partial charge in [0, 0.05) is 5.75 Å². The van der Waals surface area contributed by atoms with Crippen molar-refractivity contribution < 1.29 is 13.5 Å². The van der Waals surface area contributed by atoms with E-state index in [9.17, 15) is 8.78 Å². The molecule has 2 heterocycles. The SMILES string of the molecule is FC(F)Oc1ccc(C2=Nn3cnnc3SC2)cc1. The Bertz CT molecular complexity index is 611. The van der Waals surface area contributed by atoms with Crippen molar-refractivity contribution in [2.45, 2.75) is 11.8 Å². The maximum atomic E-state index is 12.0. The number of hydrogen-bond donors (Lipinski definition) is 0. The van der Waals surface area contributed by atoms with Crippen LogP contribution in [0.5, 0.6) is 5.75 Å². The molecule has 0 aliphatic carbocycles. The van der Waals surface area contributed by atoms with Gasteiger partial charge in [0.15, 0.2) is 0 Å². The van der Waals surface area contributed by atoms with Gasteiger partial charge in [0.05, 0.1) is 5.71 Å². The zero-order valence-electron chi connectivity index (χ0n) is 9.53. The Morgan fingerprint density at radius 2 is 2.05 bits per heavy atom. The van der Waals surface area contributed by atoms with E-state index in [-0.39, 0.29) is 5.75 Å². The molecule has 0 bridgehead atoms. The standard InChI is InChI=1S/C11H8F2N4OS/c12-10(13)18-8-3-1-7(2-4-8)9-5-19-11-15-14-6-17(11)16-9/h1-4,6,10H,5H2. The third-order valence-corrected chi connectivity index (χ3v) is 3.42. The molecular weight excluding hydrogens is 274 g/mol. The minimum absolute atomic E-state index is 0.132. The Kier molecular flexibility index (Phi) is 3.16. The van der Waals surface area contributed by atoms with Crippen molar-refractivity contribution in [2.24, 2.45) is 5.10 Å². The molecule has 0 saturated heterocycles. The number of ether oxygens (including phenoxy) is 1. The van der Waals surface area contributed by atoms with E-state index in [1.165, 1.54) is 30.2 Å². The predicted molar refractivity (Wildman–Crippen MR) is 65.8 cm³/mol. The summed E-state index contributed by atoms with van der Waals surface area (Å²) in [6.45, 7) is -2.81. The van der Waals surface area contributed by atoms with Crippen LogP contribution in [0.25, 0.3) is 0 Å². The Labute approximate surface area is 111 Å². The van der Waals surface area contributed by atoms with E-state index >= 15 is 0 Å². The lowest BCUT2D eigenvalue weighted by Crippen LogP contribution is -2.12. The zero-order chi connectivity index (χ0) is 13.2. The van der Waals surface area contributed by atoms with E-state index in [1.807, 2.05) is 0 Å². The molecular formula is C11H8F2N4OS. The van der Waals surface area contributed by atoms with Crippen molar-refractivity contribution in [3.63, 3.8) is 0 Å². The molecule has 98 valence electrons. The predicted octanol–water partition coefficient (Wildman–Crippen LogP) is 2.24. The number of fused-ring (bicyclic) bond motifs is 1. The molecule has 3 rings (SSSR count). The number of hydrogen-bond acceptors (Lipinski definition) is 5. The quantitative estimate of drug-likeness (QED) is 0.866. The van der Waals surface area contributed by atoms with Crippen molar-refractivity contribution in [3.8, 4) is 5.75 Å². The Morgan fingerprint density at radius 3 is 2.79 bits per heavy atom. The summed E-state index contributed by atoms with van der Waals surface area (Å²) in [5.74, 6) is 0.793. The van der Waals surface area contributed by atoms with Crippen molar-refractivity contribution >= 4 is 17.5 Å². The van der Waals surface area contributed by atoms with Gasteiger partial charge < -0.3 is 4.74 Å². The molecule has 1 aromatic heterocycles. The smallest absolute Gasteiger partial charge is 0.387 e. The highest BCUT2D eigenvalue weighted by molar-refractivity contribution is 7.99. The second kappa shape index (κ2) is 4.96. The molecule has 0 saturated carbocycles. The van der Waals surface area contributed by atoms with Crippen molar-refractivity contribution in [2.75, 3.05) is 5.75 Å². The molecule has 0 fully saturated rings. The van der Waals surface area contributed by atoms with Gasteiger partial charge in [0.2, 0.25) is 5.16 Å². The van der Waals surface area contributed by atoms with Crippen LogP contribution in [0.1, 0.15) is 5.56 Å². The van der Waals surface area contributed by atoms with Crippen molar-refractivity contribution in [1.29, 1.82) is 0 Å². The van der Waals surface area contributed by atoms with E-state index in [4.69, 9.17) is 0 Å². The monoisotopic (exact) mass is 282 g/mol. The third-order valence-electron chi connectivity index (χ3n) is 2.48. The van der Waals surface area contributed by atoms with Gasteiger partial charge in [-0.25, -0.2) is 0 Å². The minimum Gasteiger partial charge on any atom is -0.435 e. The summed E-state index contributed by atoms with van der Waals surface area (Å²) in [5, 5.41) is 12.8. The number of nitrogens with zero attached hydrogens (tertiary/aromatic N) is 4. The molecule has 0 atom stereocenters. The summed E-state index contributed by atoms with van der Waals surface area (Å²) in [7, 11) is 0. The van der Waals surface area contributed by atoms with Gasteiger partial charge in [-0.1, -0.05) is 11.8 Å². The molecule has 0 spiro atoms. The van der Waals surface area contributed by atoms with Gasteiger partial charge in [-0.05, 0) is 29.8 Å². The first-order valence-corrected chi connectivity index (χ1v) is 6.37. The van der Waals surface area contributed by atoms with Crippen LogP contribution in [0, 0.1) is 0 Å². The summed E-state index contributed by atoms with van der Waals surface area (Å²) in [4.78, 5) is 0. The zero-order valence-corrected chi connectivity index (χ0v) is 10.3. The largest absolute Gasteiger partial charge is 0.435 e. The summed E-state index contributed by atoms with van der Waals surface area (Å²) in [6, 6.07) is 6.39. The maximum absolute atomic E-state index is 12.0. The number of benzene rings is 1. The molecule has 5 nitrogen and oxygen atoms in total. The number of aromatic nitrogens is 3. The van der Waals surface area contributed by atoms with E-state index in [0.29, 0.717) is 5.75 Å². The lowest BCUT2D eigenvalue weighted by atomic mass is 10.1. The fourth-order valence-corrected chi connectivity index (χ4v) is 2.46. The Hall–Kier alpha value is -1.96. The first kappa shape index (κ1) is 12.1. The topological polar surface area (TPSA) is 52.3 Å². The number of alkyl halides is 2. The highest BCUT2D eigenvalue weighted by atomic mass is 32.2. The average Bonchev–Trinajstić information content (AvgIpc) is 2.86. The van der Waals surface area contributed by atoms with Crippen LogP contribution in [-0.4, -0.2) is 32.9 Å². The van der Waals surface area contributed by atoms with Crippen LogP contribution in [0.3, 0.4) is 0 Å². The lowest BCUT2D eigenvalue weighted by molar-refractivity contribution is -0.0498. The van der Waals surface area contributed by atoms with Crippen molar-refractivity contribution in [1.82, 2.24) is 14.9 Å². The van der Waals surface area contributed by atoms with E-state index in [1.54, 1.807) is 16.8 Å². The van der Waals surface area contributed by atoms with Crippen LogP contribution >= 0.6 is 11.8 Å². The minimum atomic E-state index is -2.81. The number of halogens is 2. The Balaban J connectivity index is 1.84. The second-order valence-corrected chi connectivity index (χ2v) is 4.64. The first-order chi connectivity index (χ1) is 9.22.